The minimum Gasteiger partial charge on any atom is -0.384 e. The van der Waals surface area contributed by atoms with Crippen molar-refractivity contribution in [3.05, 3.63) is 41.9 Å². The molecule has 7 nitrogen and oxygen atoms in total. The van der Waals surface area contributed by atoms with Crippen molar-refractivity contribution in [1.29, 1.82) is 0 Å². The van der Waals surface area contributed by atoms with Gasteiger partial charge in [0.1, 0.15) is 30.2 Å². The number of nitrogens with zero attached hydrogens (tertiary/aromatic N) is 2. The van der Waals surface area contributed by atoms with Gasteiger partial charge in [-0.1, -0.05) is 0 Å². The summed E-state index contributed by atoms with van der Waals surface area (Å²) in [5, 5.41) is 10.0. The first-order valence-corrected chi connectivity index (χ1v) is 10.7. The van der Waals surface area contributed by atoms with Crippen LogP contribution in [0.2, 0.25) is 0 Å². The molecule has 0 saturated carbocycles. The van der Waals surface area contributed by atoms with Gasteiger partial charge >= 0.3 is 0 Å². The van der Waals surface area contributed by atoms with E-state index in [0.29, 0.717) is 31.9 Å². The maximum Gasteiger partial charge on any atom is 0.251 e. The second-order valence-electron chi connectivity index (χ2n) is 8.11. The number of aliphatic hydroxyl groups is 1. The number of alkyl halides is 1. The maximum absolute atomic E-state index is 14.3. The molecule has 0 bridgehead atoms. The van der Waals surface area contributed by atoms with Crippen LogP contribution in [0.15, 0.2) is 24.4 Å². The van der Waals surface area contributed by atoms with Gasteiger partial charge in [0.05, 0.1) is 17.9 Å². The van der Waals surface area contributed by atoms with E-state index < -0.39 is 42.4 Å². The highest BCUT2D eigenvalue weighted by Crippen LogP contribution is 2.36. The van der Waals surface area contributed by atoms with Gasteiger partial charge in [0.15, 0.2) is 0 Å². The third-order valence-corrected chi connectivity index (χ3v) is 5.72. The number of hydrogen-bond acceptors (Lipinski definition) is 5. The Bertz CT molecular complexity index is 902. The average Bonchev–Trinajstić information content (AvgIpc) is 3.27. The van der Waals surface area contributed by atoms with E-state index >= 15 is 0 Å². The summed E-state index contributed by atoms with van der Waals surface area (Å²) in [4.78, 5) is 21.8. The Kier molecular flexibility index (Phi) is 8.27. The van der Waals surface area contributed by atoms with Gasteiger partial charge in [-0.15, -0.1) is 0 Å². The molecule has 1 fully saturated rings. The average molecular weight is 454 g/mol. The van der Waals surface area contributed by atoms with Crippen molar-refractivity contribution in [2.24, 2.45) is 11.7 Å². The van der Waals surface area contributed by atoms with Crippen molar-refractivity contribution in [3.8, 4) is 11.3 Å². The molecule has 3 atom stereocenters. The number of nitrogens with two attached hydrogens (primary N) is 1. The van der Waals surface area contributed by atoms with Gasteiger partial charge < -0.3 is 25.5 Å². The molecule has 1 aliphatic rings. The van der Waals surface area contributed by atoms with E-state index in [9.17, 15) is 23.1 Å². The van der Waals surface area contributed by atoms with Crippen molar-refractivity contribution >= 4 is 5.91 Å². The van der Waals surface area contributed by atoms with Gasteiger partial charge in [-0.2, -0.15) is 0 Å². The number of amides is 1. The Morgan fingerprint density at radius 3 is 2.75 bits per heavy atom. The molecule has 1 amide bonds. The minimum absolute atomic E-state index is 0.0160. The lowest BCUT2D eigenvalue weighted by atomic mass is 9.89. The molecule has 1 aromatic carbocycles. The molecule has 3 unspecified atom stereocenters. The molecule has 0 aliphatic carbocycles. The Balaban J connectivity index is 2.00. The number of benzene rings is 1. The molecule has 10 heteroatoms. The predicted molar refractivity (Wildman–Crippen MR) is 112 cm³/mol. The Hall–Kier alpha value is -2.43. The Morgan fingerprint density at radius 2 is 2.09 bits per heavy atom. The van der Waals surface area contributed by atoms with Crippen molar-refractivity contribution in [2.75, 3.05) is 26.4 Å². The molecule has 0 spiro atoms. The van der Waals surface area contributed by atoms with Crippen LogP contribution in [-0.4, -0.2) is 64.5 Å². The van der Waals surface area contributed by atoms with Gasteiger partial charge in [-0.05, 0) is 50.3 Å². The van der Waals surface area contributed by atoms with Crippen LogP contribution in [0.1, 0.15) is 38.1 Å². The smallest absolute Gasteiger partial charge is 0.251 e. The van der Waals surface area contributed by atoms with E-state index in [2.05, 4.69) is 9.97 Å². The standard InChI is InChI=1S/C22H29F3N4O3/c1-13(30)22(31)29(7-4-16(26)11-23)20(14-5-8-32-9-6-14)21-27-12-19(28-21)17-10-15(24)2-3-18(17)25/h2-3,10,12-14,16,20,30H,4-9,11,26H2,1H3,(H,27,28). The zero-order chi connectivity index (χ0) is 23.3. The van der Waals surface area contributed by atoms with Gasteiger partial charge in [0.2, 0.25) is 0 Å². The molecule has 2 aromatic rings. The number of H-pyrrole nitrogens is 1. The molecular weight excluding hydrogens is 425 g/mol. The monoisotopic (exact) mass is 454 g/mol. The van der Waals surface area contributed by atoms with Crippen molar-refractivity contribution in [1.82, 2.24) is 14.9 Å². The van der Waals surface area contributed by atoms with E-state index in [1.807, 2.05) is 0 Å². The second-order valence-corrected chi connectivity index (χ2v) is 8.11. The number of carbonyl (C=O) groups is 1. The van der Waals surface area contributed by atoms with Crippen LogP contribution in [-0.2, 0) is 9.53 Å². The van der Waals surface area contributed by atoms with Gasteiger partial charge in [0.25, 0.3) is 5.91 Å². The number of aliphatic hydroxyl groups excluding tert-OH is 1. The van der Waals surface area contributed by atoms with E-state index in [1.165, 1.54) is 18.0 Å². The highest BCUT2D eigenvalue weighted by atomic mass is 19.1. The quantitative estimate of drug-likeness (QED) is 0.541. The summed E-state index contributed by atoms with van der Waals surface area (Å²) in [6.45, 7) is 1.73. The number of aromatic amines is 1. The normalized spacial score (nSPS) is 17.7. The molecule has 1 aliphatic heterocycles. The van der Waals surface area contributed by atoms with Crippen molar-refractivity contribution < 1.29 is 27.8 Å². The minimum atomic E-state index is -1.28. The van der Waals surface area contributed by atoms with Crippen LogP contribution in [0.25, 0.3) is 11.3 Å². The van der Waals surface area contributed by atoms with Crippen LogP contribution < -0.4 is 5.73 Å². The maximum atomic E-state index is 14.3. The number of ether oxygens (including phenoxy) is 1. The SMILES string of the molecule is CC(O)C(=O)N(CCC(N)CF)C(c1ncc(-c2cc(F)ccc2F)[nH]1)C1CCOCC1. The number of aromatic nitrogens is 2. The van der Waals surface area contributed by atoms with Gasteiger partial charge in [-0.3, -0.25) is 4.79 Å². The summed E-state index contributed by atoms with van der Waals surface area (Å²) in [6, 6.07) is 1.78. The molecule has 1 saturated heterocycles. The number of imidazole rings is 1. The first-order valence-electron chi connectivity index (χ1n) is 10.7. The molecule has 3 rings (SSSR count). The number of nitrogens with one attached hydrogen (secondary N) is 1. The Morgan fingerprint density at radius 1 is 1.38 bits per heavy atom. The van der Waals surface area contributed by atoms with E-state index in [-0.39, 0.29) is 30.1 Å². The van der Waals surface area contributed by atoms with Crippen LogP contribution in [0.5, 0.6) is 0 Å². The number of hydrogen-bond donors (Lipinski definition) is 3. The third-order valence-electron chi connectivity index (χ3n) is 5.72. The highest BCUT2D eigenvalue weighted by Gasteiger charge is 2.36. The highest BCUT2D eigenvalue weighted by molar-refractivity contribution is 5.80. The van der Waals surface area contributed by atoms with Crippen LogP contribution in [0.3, 0.4) is 0 Å². The lowest BCUT2D eigenvalue weighted by molar-refractivity contribution is -0.144. The van der Waals surface area contributed by atoms with Crippen molar-refractivity contribution in [2.45, 2.75) is 44.4 Å². The topological polar surface area (TPSA) is 104 Å². The number of halogens is 3. The molecule has 32 heavy (non-hydrogen) atoms. The molecule has 2 heterocycles. The van der Waals surface area contributed by atoms with E-state index in [0.717, 1.165) is 18.2 Å². The molecular formula is C22H29F3N4O3. The summed E-state index contributed by atoms with van der Waals surface area (Å²) < 4.78 is 46.4. The zero-order valence-corrected chi connectivity index (χ0v) is 17.9. The fraction of sp³-hybridized carbons (Fsp3) is 0.545. The van der Waals surface area contributed by atoms with Crippen LogP contribution in [0.4, 0.5) is 13.2 Å². The van der Waals surface area contributed by atoms with E-state index in [1.54, 1.807) is 0 Å². The zero-order valence-electron chi connectivity index (χ0n) is 17.9. The van der Waals surface area contributed by atoms with E-state index in [4.69, 9.17) is 10.5 Å². The fourth-order valence-corrected chi connectivity index (χ4v) is 3.99. The molecule has 176 valence electrons. The molecule has 4 N–H and O–H groups in total. The third kappa shape index (κ3) is 5.67. The lowest BCUT2D eigenvalue weighted by Gasteiger charge is -2.38. The lowest BCUT2D eigenvalue weighted by Crippen LogP contribution is -2.46. The molecule has 0 radical (unpaired) electrons. The van der Waals surface area contributed by atoms with Crippen LogP contribution in [0, 0.1) is 17.6 Å². The van der Waals surface area contributed by atoms with Crippen molar-refractivity contribution in [3.63, 3.8) is 0 Å². The van der Waals surface area contributed by atoms with Gasteiger partial charge in [0, 0.05) is 31.4 Å². The predicted octanol–water partition coefficient (Wildman–Crippen LogP) is 2.72. The largest absolute Gasteiger partial charge is 0.384 e. The first kappa shape index (κ1) is 24.2. The number of carbonyl (C=O) groups excluding carboxylic acids is 1. The fourth-order valence-electron chi connectivity index (χ4n) is 3.99. The summed E-state index contributed by atoms with van der Waals surface area (Å²) in [5.41, 5.74) is 6.01. The summed E-state index contributed by atoms with van der Waals surface area (Å²) in [5.74, 6) is -1.44. The Labute approximate surface area is 184 Å². The first-order chi connectivity index (χ1) is 15.3. The van der Waals surface area contributed by atoms with Gasteiger partial charge in [-0.25, -0.2) is 18.2 Å². The van der Waals surface area contributed by atoms with Crippen LogP contribution >= 0.6 is 0 Å². The summed E-state index contributed by atoms with van der Waals surface area (Å²) >= 11 is 0. The molecule has 1 aromatic heterocycles. The number of rotatable bonds is 9. The summed E-state index contributed by atoms with van der Waals surface area (Å²) in [7, 11) is 0. The summed E-state index contributed by atoms with van der Waals surface area (Å²) in [6.07, 6.45) is 1.56. The second kappa shape index (κ2) is 10.9.